The highest BCUT2D eigenvalue weighted by Gasteiger charge is 2.24. The van der Waals surface area contributed by atoms with E-state index in [9.17, 15) is 4.79 Å². The smallest absolute Gasteiger partial charge is 0.231 e. The molecular weight excluding hydrogens is 333 g/mol. The number of pyridine rings is 1. The lowest BCUT2D eigenvalue weighted by molar-refractivity contribution is -0.133. The Morgan fingerprint density at radius 3 is 2.30 bits per heavy atom. The Hall–Kier alpha value is -1.62. The van der Waals surface area contributed by atoms with Gasteiger partial charge < -0.3 is 10.6 Å². The van der Waals surface area contributed by atoms with Crippen molar-refractivity contribution in [3.05, 3.63) is 66.0 Å². The lowest BCUT2D eigenvalue weighted by Crippen LogP contribution is -2.37. The normalized spacial score (nSPS) is 10.9. The van der Waals surface area contributed by atoms with Gasteiger partial charge in [-0.2, -0.15) is 0 Å². The average Bonchev–Trinajstić information content (AvgIpc) is 2.55. The van der Waals surface area contributed by atoms with Crippen molar-refractivity contribution in [1.82, 2.24) is 9.88 Å². The Morgan fingerprint density at radius 1 is 1.13 bits per heavy atom. The van der Waals surface area contributed by atoms with Crippen LogP contribution in [0.15, 0.2) is 54.7 Å². The predicted octanol–water partition coefficient (Wildman–Crippen LogP) is 3.02. The third kappa shape index (κ3) is 5.82. The maximum Gasteiger partial charge on any atom is 0.231 e. The van der Waals surface area contributed by atoms with E-state index in [1.54, 1.807) is 11.1 Å². The second-order valence-corrected chi connectivity index (χ2v) is 4.87. The van der Waals surface area contributed by atoms with E-state index in [-0.39, 0.29) is 36.6 Å². The first-order chi connectivity index (χ1) is 10.3. The van der Waals surface area contributed by atoms with Crippen molar-refractivity contribution in [2.24, 2.45) is 5.73 Å². The van der Waals surface area contributed by atoms with Gasteiger partial charge in [0.2, 0.25) is 5.91 Å². The Morgan fingerprint density at radius 2 is 1.78 bits per heavy atom. The predicted molar refractivity (Wildman–Crippen MR) is 98.1 cm³/mol. The molecule has 0 spiro atoms. The SMILES string of the molecule is CCN(Cc1ccccn1)C(=O)C(CN)c1ccccc1.Cl.Cl. The number of benzene rings is 1. The van der Waals surface area contributed by atoms with Gasteiger partial charge in [-0.25, -0.2) is 0 Å². The molecule has 0 bridgehead atoms. The highest BCUT2D eigenvalue weighted by atomic mass is 35.5. The number of nitrogens with two attached hydrogens (primary N) is 1. The van der Waals surface area contributed by atoms with Crippen molar-refractivity contribution in [3.8, 4) is 0 Å². The van der Waals surface area contributed by atoms with Crippen LogP contribution in [0, 0.1) is 0 Å². The van der Waals surface area contributed by atoms with Crippen LogP contribution in [0.1, 0.15) is 24.1 Å². The molecule has 1 aromatic carbocycles. The second kappa shape index (κ2) is 11.0. The van der Waals surface area contributed by atoms with Crippen LogP contribution in [0.2, 0.25) is 0 Å². The third-order valence-electron chi connectivity index (χ3n) is 3.51. The molecule has 2 rings (SSSR count). The maximum absolute atomic E-state index is 12.7. The van der Waals surface area contributed by atoms with E-state index in [1.807, 2.05) is 55.5 Å². The van der Waals surface area contributed by atoms with Gasteiger partial charge in [0.1, 0.15) is 0 Å². The fourth-order valence-corrected chi connectivity index (χ4v) is 2.32. The number of rotatable bonds is 6. The first kappa shape index (κ1) is 21.4. The summed E-state index contributed by atoms with van der Waals surface area (Å²) < 4.78 is 0. The molecule has 0 saturated carbocycles. The number of likely N-dealkylation sites (N-methyl/N-ethyl adjacent to an activating group) is 1. The molecule has 1 unspecified atom stereocenters. The monoisotopic (exact) mass is 355 g/mol. The molecule has 0 aliphatic carbocycles. The Labute approximate surface area is 149 Å². The summed E-state index contributed by atoms with van der Waals surface area (Å²) in [7, 11) is 0. The fourth-order valence-electron chi connectivity index (χ4n) is 2.32. The zero-order chi connectivity index (χ0) is 15.1. The first-order valence-corrected chi connectivity index (χ1v) is 7.20. The quantitative estimate of drug-likeness (QED) is 0.866. The molecule has 4 nitrogen and oxygen atoms in total. The molecule has 2 N–H and O–H groups in total. The van der Waals surface area contributed by atoms with Crippen molar-refractivity contribution >= 4 is 30.7 Å². The van der Waals surface area contributed by atoms with E-state index >= 15 is 0 Å². The number of carbonyl (C=O) groups is 1. The molecule has 2 aromatic rings. The molecule has 6 heteroatoms. The minimum atomic E-state index is -0.296. The summed E-state index contributed by atoms with van der Waals surface area (Å²) in [5.74, 6) is -0.244. The molecule has 1 heterocycles. The number of amides is 1. The van der Waals surface area contributed by atoms with Crippen LogP contribution < -0.4 is 5.73 Å². The van der Waals surface area contributed by atoms with E-state index in [2.05, 4.69) is 4.98 Å². The molecular formula is C17H23Cl2N3O. The number of nitrogens with zero attached hydrogens (tertiary/aromatic N) is 2. The summed E-state index contributed by atoms with van der Waals surface area (Å²) in [5.41, 5.74) is 7.68. The topological polar surface area (TPSA) is 59.2 Å². The first-order valence-electron chi connectivity index (χ1n) is 7.20. The number of hydrogen-bond acceptors (Lipinski definition) is 3. The van der Waals surface area contributed by atoms with Gasteiger partial charge in [0, 0.05) is 19.3 Å². The molecule has 0 aliphatic rings. The summed E-state index contributed by atoms with van der Waals surface area (Å²) in [6.07, 6.45) is 1.74. The van der Waals surface area contributed by atoms with Crippen LogP contribution >= 0.6 is 24.8 Å². The van der Waals surface area contributed by atoms with Gasteiger partial charge >= 0.3 is 0 Å². The van der Waals surface area contributed by atoms with E-state index in [0.717, 1.165) is 11.3 Å². The van der Waals surface area contributed by atoms with Crippen molar-refractivity contribution in [3.63, 3.8) is 0 Å². The highest BCUT2D eigenvalue weighted by molar-refractivity contribution is 5.85. The molecule has 1 aromatic heterocycles. The lowest BCUT2D eigenvalue weighted by Gasteiger charge is -2.25. The van der Waals surface area contributed by atoms with Crippen molar-refractivity contribution < 1.29 is 4.79 Å². The van der Waals surface area contributed by atoms with Crippen LogP contribution in [0.25, 0.3) is 0 Å². The molecule has 1 amide bonds. The number of hydrogen-bond donors (Lipinski definition) is 1. The molecule has 0 fully saturated rings. The number of carbonyl (C=O) groups excluding carboxylic acids is 1. The zero-order valence-electron chi connectivity index (χ0n) is 13.1. The summed E-state index contributed by atoms with van der Waals surface area (Å²) in [6.45, 7) is 3.43. The van der Waals surface area contributed by atoms with Gasteiger partial charge in [0.05, 0.1) is 18.2 Å². The Kier molecular flexibility index (Phi) is 10.2. The van der Waals surface area contributed by atoms with Crippen LogP contribution in [0.3, 0.4) is 0 Å². The maximum atomic E-state index is 12.7. The molecule has 0 radical (unpaired) electrons. The van der Waals surface area contributed by atoms with Crippen LogP contribution in [-0.2, 0) is 11.3 Å². The fraction of sp³-hybridized carbons (Fsp3) is 0.294. The minimum absolute atomic E-state index is 0. The van der Waals surface area contributed by atoms with E-state index < -0.39 is 0 Å². The van der Waals surface area contributed by atoms with Crippen molar-refractivity contribution in [1.29, 1.82) is 0 Å². The summed E-state index contributed by atoms with van der Waals surface area (Å²) in [6, 6.07) is 15.4. The third-order valence-corrected chi connectivity index (χ3v) is 3.51. The summed E-state index contributed by atoms with van der Waals surface area (Å²) >= 11 is 0. The van der Waals surface area contributed by atoms with Crippen molar-refractivity contribution in [2.45, 2.75) is 19.4 Å². The standard InChI is InChI=1S/C17H21N3O.2ClH/c1-2-20(13-15-10-6-7-11-19-15)17(21)16(12-18)14-8-4-3-5-9-14;;/h3-11,16H,2,12-13,18H2,1H3;2*1H. The van der Waals surface area contributed by atoms with Gasteiger partial charge in [-0.15, -0.1) is 24.8 Å². The molecule has 0 aliphatic heterocycles. The van der Waals surface area contributed by atoms with Crippen LogP contribution in [0.4, 0.5) is 0 Å². The lowest BCUT2D eigenvalue weighted by atomic mass is 9.97. The largest absolute Gasteiger partial charge is 0.337 e. The Balaban J connectivity index is 0.00000242. The Bertz CT molecular complexity index is 567. The molecule has 0 saturated heterocycles. The molecule has 126 valence electrons. The summed E-state index contributed by atoms with van der Waals surface area (Å²) in [5, 5.41) is 0. The van der Waals surface area contributed by atoms with E-state index in [4.69, 9.17) is 5.73 Å². The summed E-state index contributed by atoms with van der Waals surface area (Å²) in [4.78, 5) is 18.8. The number of halogens is 2. The highest BCUT2D eigenvalue weighted by Crippen LogP contribution is 2.18. The van der Waals surface area contributed by atoms with Gasteiger partial charge in [0.15, 0.2) is 0 Å². The van der Waals surface area contributed by atoms with E-state index in [1.165, 1.54) is 0 Å². The zero-order valence-corrected chi connectivity index (χ0v) is 14.7. The molecule has 23 heavy (non-hydrogen) atoms. The van der Waals surface area contributed by atoms with Gasteiger partial charge in [0.25, 0.3) is 0 Å². The van der Waals surface area contributed by atoms with E-state index in [0.29, 0.717) is 19.6 Å². The van der Waals surface area contributed by atoms with Gasteiger partial charge in [-0.1, -0.05) is 36.4 Å². The van der Waals surface area contributed by atoms with Gasteiger partial charge in [-0.05, 0) is 24.6 Å². The van der Waals surface area contributed by atoms with Gasteiger partial charge in [-0.3, -0.25) is 9.78 Å². The minimum Gasteiger partial charge on any atom is -0.337 e. The molecule has 1 atom stereocenters. The van der Waals surface area contributed by atoms with Crippen LogP contribution in [0.5, 0.6) is 0 Å². The van der Waals surface area contributed by atoms with Crippen molar-refractivity contribution in [2.75, 3.05) is 13.1 Å². The number of aromatic nitrogens is 1. The second-order valence-electron chi connectivity index (χ2n) is 4.87. The average molecular weight is 356 g/mol. The van der Waals surface area contributed by atoms with Crippen LogP contribution in [-0.4, -0.2) is 28.9 Å².